The van der Waals surface area contributed by atoms with Crippen molar-refractivity contribution in [1.29, 1.82) is 0 Å². The number of nitrogens with zero attached hydrogens (tertiary/aromatic N) is 2. The molecule has 34 nitrogen and oxygen atoms in total. The van der Waals surface area contributed by atoms with E-state index in [-0.39, 0.29) is 80.2 Å². The second-order valence-electron chi connectivity index (χ2n) is 28.3. The van der Waals surface area contributed by atoms with E-state index in [2.05, 4.69) is 86.7 Å². The maximum Gasteiger partial charge on any atom is 0.322 e. The van der Waals surface area contributed by atoms with Crippen molar-refractivity contribution in [3.8, 4) is 0 Å². The number of hydrogen-bond acceptors (Lipinski definition) is 19. The number of aromatic nitrogens is 1. The number of primary amides is 2. The summed E-state index contributed by atoms with van der Waals surface area (Å²) in [5.41, 5.74) is 13.4. The van der Waals surface area contributed by atoms with Crippen LogP contribution in [0.15, 0.2) is 140 Å². The van der Waals surface area contributed by atoms with Crippen LogP contribution in [0.1, 0.15) is 94.0 Å². The third-order valence-corrected chi connectivity index (χ3v) is 19.5. The molecule has 2 fully saturated rings. The number of anilines is 2. The van der Waals surface area contributed by atoms with E-state index in [0.29, 0.717) is 53.1 Å². The summed E-state index contributed by atoms with van der Waals surface area (Å²) in [5.74, 6) is -11.3. The number of benzene rings is 5. The minimum absolute atomic E-state index is 0.00209. The van der Waals surface area contributed by atoms with Gasteiger partial charge in [0.15, 0.2) is 0 Å². The van der Waals surface area contributed by atoms with Gasteiger partial charge in [0.2, 0.25) is 76.8 Å². The number of aliphatic hydroxyl groups excluding tert-OH is 1. The second kappa shape index (κ2) is 43.3. The van der Waals surface area contributed by atoms with E-state index >= 15 is 9.59 Å². The first-order valence-electron chi connectivity index (χ1n) is 37.4. The molecule has 19 N–H and O–H groups in total. The highest BCUT2D eigenvalue weighted by molar-refractivity contribution is 7.80. The van der Waals surface area contributed by atoms with E-state index in [1.54, 1.807) is 36.4 Å². The van der Waals surface area contributed by atoms with Crippen LogP contribution in [0, 0.1) is 0 Å². The molecule has 2 aliphatic heterocycles. The smallest absolute Gasteiger partial charge is 0.322 e. The number of unbranched alkanes of at least 4 members (excludes halogenated alkanes) is 1. The molecule has 11 atom stereocenters. The highest BCUT2D eigenvalue weighted by atomic mass is 35.5. The average molecular weight is 1620 g/mol. The van der Waals surface area contributed by atoms with Gasteiger partial charge < -0.3 is 90.6 Å². The van der Waals surface area contributed by atoms with Crippen LogP contribution in [-0.4, -0.2) is 202 Å². The molecule has 115 heavy (non-hydrogen) atoms. The number of hydrogen-bond donors (Lipinski definition) is 18. The van der Waals surface area contributed by atoms with E-state index in [0.717, 1.165) is 10.8 Å². The fourth-order valence-electron chi connectivity index (χ4n) is 12.9. The van der Waals surface area contributed by atoms with Crippen molar-refractivity contribution in [2.24, 2.45) is 11.5 Å². The number of urea groups is 2. The molecule has 8 rings (SSSR count). The van der Waals surface area contributed by atoms with Crippen LogP contribution in [-0.2, 0) is 94.4 Å². The Balaban J connectivity index is 1.08. The van der Waals surface area contributed by atoms with Crippen molar-refractivity contribution in [2.75, 3.05) is 36.1 Å². The first-order valence-corrected chi connectivity index (χ1v) is 38.4. The number of nitrogens with one attached hydrogen (secondary N) is 14. The number of rotatable bonds is 40. The molecule has 0 radical (unpaired) electrons. The van der Waals surface area contributed by atoms with E-state index in [4.69, 9.17) is 23.1 Å². The van der Waals surface area contributed by atoms with Gasteiger partial charge in [0, 0.05) is 86.2 Å². The maximum absolute atomic E-state index is 15.3. The molecule has 0 saturated carbocycles. The number of halogens is 1. The average Bonchev–Trinajstić information content (AvgIpc) is 1.65. The van der Waals surface area contributed by atoms with Gasteiger partial charge in [-0.2, -0.15) is 12.6 Å². The fourth-order valence-corrected chi connectivity index (χ4v) is 13.2. The Morgan fingerprint density at radius 2 is 1.04 bits per heavy atom. The van der Waals surface area contributed by atoms with Crippen molar-refractivity contribution < 1.29 is 77.0 Å². The highest BCUT2D eigenvalue weighted by Crippen LogP contribution is 2.23. The number of fused-ring (bicyclic) bond motifs is 1. The molecule has 17 amide bonds. The summed E-state index contributed by atoms with van der Waals surface area (Å²) in [4.78, 5) is 212. The lowest BCUT2D eigenvalue weighted by Crippen LogP contribution is -2.62. The maximum atomic E-state index is 15.3. The number of imide groups is 1. The highest BCUT2D eigenvalue weighted by Gasteiger charge is 2.41. The standard InChI is InChI=1S/C79H97ClN18O16S/c1-43(2)84-31-8-7-14-56(77(112)98-32-10-15-65(98)76(111)85-44(3)67(81)102)89-75(110)64(42-115)95-73(108)60(36-48-21-28-55(29-22-48)88-78(82)113)91-71(106)59(35-47-19-26-54(27-20-47)87-68(103)62-39-66(101)97-79(114)96-62)93-74(109)63(41-99)94-72(107)61(38-50-11-9-30-83-40-50)92-70(105)58(34-46-17-24-53(80)25-18-46)90-69(104)57(86-45(4)100)37-49-16-23-51-12-5-6-13-52(51)33-49/h5-6,9,11-13,16-30,33,40,43-44,56-65,84,99,115H,7-8,10,14-15,31-32,34-39,41-42H2,1-4H3,(H2,81,102)(H,85,111)(H,86,100)(H,87,103)(H,89,110)(H,90,104)(H,91,106)(H,92,105)(H,93,109)(H,94,107)(H,95,108)(H3,82,88,113)(H2,96,97,101,114)/t44-,56+,57-,58-,59+,60+,61+,62+,63+,64+,65+/m1/s1. The first kappa shape index (κ1) is 88.5. The quantitative estimate of drug-likeness (QED) is 0.0183. The molecule has 1 aromatic heterocycles. The number of carbonyl (C=O) groups excluding carboxylic acids is 15. The molecule has 36 heteroatoms. The van der Waals surface area contributed by atoms with E-state index < -0.39 is 168 Å². The Morgan fingerprint density at radius 3 is 1.56 bits per heavy atom. The lowest BCUT2D eigenvalue weighted by molar-refractivity contribution is -0.142. The SMILES string of the molecule is CC(=O)N[C@H](Cc1ccc2ccccc2c1)C(=O)N[C@H](Cc1ccc(Cl)cc1)C(=O)N[C@@H](Cc1cccnc1)C(=O)N[C@@H](CO)C(=O)N[C@@H](Cc1ccc(NC(=O)[C@@H]2CC(=O)NC(=O)N2)cc1)C(=O)N[C@@H](Cc1ccc(NC(N)=O)cc1)C(=O)N[C@@H](CS)C(=O)N[C@@H](CCCCNC(C)C)C(=O)N1CCC[C@H]1C(=O)N[C@H](C)C(N)=O. The Hall–Kier alpha value is -12.1. The Bertz CT molecular complexity index is 4480. The number of carbonyl (C=O) groups is 15. The van der Waals surface area contributed by atoms with E-state index in [1.165, 1.54) is 79.7 Å². The summed E-state index contributed by atoms with van der Waals surface area (Å²) in [6.07, 6.45) is 2.93. The number of likely N-dealkylation sites (tertiary alicyclic amines) is 1. The van der Waals surface area contributed by atoms with Crippen molar-refractivity contribution in [1.82, 2.24) is 73.7 Å². The van der Waals surface area contributed by atoms with Crippen LogP contribution in [0.5, 0.6) is 0 Å². The summed E-state index contributed by atoms with van der Waals surface area (Å²) in [6, 6.07) is 16.9. The van der Waals surface area contributed by atoms with Crippen molar-refractivity contribution in [3.63, 3.8) is 0 Å². The third-order valence-electron chi connectivity index (χ3n) is 18.9. The number of thiol groups is 1. The summed E-state index contributed by atoms with van der Waals surface area (Å²) < 4.78 is 0. The number of pyridine rings is 1. The van der Waals surface area contributed by atoms with Crippen LogP contribution < -0.4 is 85.9 Å². The van der Waals surface area contributed by atoms with E-state index in [1.807, 2.05) is 61.6 Å². The second-order valence-corrected chi connectivity index (χ2v) is 29.1. The van der Waals surface area contributed by atoms with Gasteiger partial charge in [-0.3, -0.25) is 72.6 Å². The van der Waals surface area contributed by atoms with Crippen molar-refractivity contribution in [2.45, 2.75) is 171 Å². The van der Waals surface area contributed by atoms with Crippen LogP contribution in [0.2, 0.25) is 5.02 Å². The molecule has 2 saturated heterocycles. The zero-order valence-corrected chi connectivity index (χ0v) is 65.4. The molecule has 0 spiro atoms. The topological polar surface area (TPSA) is 513 Å². The molecule has 0 unspecified atom stereocenters. The predicted molar refractivity (Wildman–Crippen MR) is 429 cm³/mol. The molecular formula is C79H97ClN18O16S. The molecule has 3 heterocycles. The van der Waals surface area contributed by atoms with Gasteiger partial charge in [0.1, 0.15) is 66.5 Å². The molecule has 6 aromatic rings. The molecular weight excluding hydrogens is 1520 g/mol. The van der Waals surface area contributed by atoms with E-state index in [9.17, 15) is 67.4 Å². The Morgan fingerprint density at radius 1 is 0.557 bits per heavy atom. The minimum atomic E-state index is -1.93. The monoisotopic (exact) mass is 1620 g/mol. The molecule has 612 valence electrons. The molecule has 0 bridgehead atoms. The summed E-state index contributed by atoms with van der Waals surface area (Å²) >= 11 is 10.7. The van der Waals surface area contributed by atoms with Crippen LogP contribution in [0.4, 0.5) is 21.0 Å². The van der Waals surface area contributed by atoms with Gasteiger partial charge >= 0.3 is 12.1 Å². The largest absolute Gasteiger partial charge is 0.394 e. The first-order chi connectivity index (χ1) is 54.9. The van der Waals surface area contributed by atoms with Crippen molar-refractivity contribution >= 4 is 135 Å². The molecule has 2 aliphatic rings. The summed E-state index contributed by atoms with van der Waals surface area (Å²) in [7, 11) is 0. The van der Waals surface area contributed by atoms with Gasteiger partial charge in [-0.1, -0.05) is 110 Å². The fraction of sp³-hybridized carbons (Fsp3) is 0.392. The number of nitrogens with two attached hydrogens (primary N) is 2. The Labute approximate surface area is 673 Å². The zero-order valence-electron chi connectivity index (χ0n) is 63.8. The van der Waals surface area contributed by atoms with Crippen molar-refractivity contribution in [3.05, 3.63) is 173 Å². The van der Waals surface area contributed by atoms with Gasteiger partial charge in [0.05, 0.1) is 13.0 Å². The normalized spacial score (nSPS) is 16.2. The van der Waals surface area contributed by atoms with Gasteiger partial charge in [0.25, 0.3) is 0 Å². The Kier molecular flexibility index (Phi) is 33.3. The third kappa shape index (κ3) is 27.6. The zero-order chi connectivity index (χ0) is 83.4. The minimum Gasteiger partial charge on any atom is -0.394 e. The molecule has 0 aliphatic carbocycles. The van der Waals surface area contributed by atoms with Gasteiger partial charge in [-0.05, 0) is 127 Å². The summed E-state index contributed by atoms with van der Waals surface area (Å²) in [6.45, 7) is 6.11. The van der Waals surface area contributed by atoms with Crippen LogP contribution in [0.3, 0.4) is 0 Å². The van der Waals surface area contributed by atoms with Gasteiger partial charge in [-0.15, -0.1) is 0 Å². The molecule has 5 aromatic carbocycles. The van der Waals surface area contributed by atoms with Gasteiger partial charge in [-0.25, -0.2) is 9.59 Å². The predicted octanol–water partition coefficient (Wildman–Crippen LogP) is 0.398. The van der Waals surface area contributed by atoms with Crippen LogP contribution in [0.25, 0.3) is 10.8 Å². The lowest BCUT2D eigenvalue weighted by atomic mass is 9.99. The number of amides is 17. The van der Waals surface area contributed by atoms with Crippen LogP contribution >= 0.6 is 24.2 Å². The number of aliphatic hydroxyl groups is 1. The lowest BCUT2D eigenvalue weighted by Gasteiger charge is -2.30. The summed E-state index contributed by atoms with van der Waals surface area (Å²) in [5, 5.41) is 49.9.